The predicted molar refractivity (Wildman–Crippen MR) is 176 cm³/mol. The van der Waals surface area contributed by atoms with Gasteiger partial charge in [-0.15, -0.1) is 0 Å². The molecule has 0 nitrogen and oxygen atoms in total. The first-order valence-electron chi connectivity index (χ1n) is 13.1. The van der Waals surface area contributed by atoms with E-state index in [-0.39, 0.29) is 0 Å². The van der Waals surface area contributed by atoms with Gasteiger partial charge in [-0.25, -0.2) is 0 Å². The van der Waals surface area contributed by atoms with Gasteiger partial charge in [0.05, 0.1) is 0 Å². The Morgan fingerprint density at radius 3 is 1.12 bits per heavy atom. The Hall–Kier alpha value is -2.59. The van der Waals surface area contributed by atoms with E-state index in [4.69, 9.17) is 0 Å². The third-order valence-corrected chi connectivity index (χ3v) is 12.6. The molecule has 0 N–H and O–H groups in total. The molecule has 0 atom stereocenters. The standard InChI is InChI=1S/C18H15P.C14H11.C5H5.BrH.Re/c1-4-10-16(11-5-1)19(17-12-6-2-7-13-17)18-14-8-3-9-15-18;1-3-7-13(8-4-1)11-12-14-9-5-2-6-10-14;1-2-4-5-3-1;;/h1-15H;1-11H;1-5H;1H;/q;-1;;;+1/p-1. The average molecular weight is 773 g/mol. The molecule has 1 fully saturated rings. The van der Waals surface area contributed by atoms with E-state index >= 15 is 0 Å². The van der Waals surface area contributed by atoms with Gasteiger partial charge >= 0.3 is 111 Å². The van der Waals surface area contributed by atoms with E-state index in [1.54, 1.807) is 0 Å². The van der Waals surface area contributed by atoms with Crippen molar-refractivity contribution in [1.29, 1.82) is 0 Å². The molecule has 5 radical (unpaired) electrons. The van der Waals surface area contributed by atoms with Crippen LogP contribution >= 0.6 is 21.4 Å². The molecule has 3 heteroatoms. The summed E-state index contributed by atoms with van der Waals surface area (Å²) < 4.78 is 1.45. The van der Waals surface area contributed by atoms with Gasteiger partial charge in [-0.05, 0) is 55.9 Å². The van der Waals surface area contributed by atoms with E-state index < -0.39 is 23.4 Å². The SMILES string of the molecule is [Br][Re]=[C]([CH-]c1ccccc1)c1ccccc1.[CH]1[CH][CH][CH][CH]1.c1ccc(P(c2ccccc2)c2ccccc2)cc1. The van der Waals surface area contributed by atoms with Crippen LogP contribution in [-0.4, -0.2) is 3.98 Å². The molecule has 5 aromatic rings. The Labute approximate surface area is 256 Å². The summed E-state index contributed by atoms with van der Waals surface area (Å²) in [7, 11) is -0.446. The second kappa shape index (κ2) is 18.0. The average Bonchev–Trinajstić information content (AvgIpc) is 3.64. The van der Waals surface area contributed by atoms with Gasteiger partial charge in [0.15, 0.2) is 0 Å². The van der Waals surface area contributed by atoms with Gasteiger partial charge in [0.1, 0.15) is 0 Å². The second-order valence-corrected chi connectivity index (χ2v) is 15.3. The van der Waals surface area contributed by atoms with Crippen molar-refractivity contribution in [1.82, 2.24) is 0 Å². The maximum Gasteiger partial charge on any atom is -0.0134 e. The van der Waals surface area contributed by atoms with E-state index in [1.807, 2.05) is 38.2 Å². The van der Waals surface area contributed by atoms with Crippen molar-refractivity contribution in [2.75, 3.05) is 0 Å². The number of halogens is 1. The molecular weight excluding hydrogens is 741 g/mol. The molecule has 0 aliphatic heterocycles. The summed E-state index contributed by atoms with van der Waals surface area (Å²) >= 11 is 3.23. The van der Waals surface area contributed by atoms with Gasteiger partial charge in [-0.3, -0.25) is 0 Å². The van der Waals surface area contributed by atoms with Gasteiger partial charge < -0.3 is 0 Å². The van der Waals surface area contributed by atoms with Crippen molar-refractivity contribution in [2.45, 2.75) is 0 Å². The third kappa shape index (κ3) is 10.1. The van der Waals surface area contributed by atoms with Crippen LogP contribution in [0, 0.1) is 38.5 Å². The molecule has 0 saturated heterocycles. The number of hydrogen-bond acceptors (Lipinski definition) is 0. The van der Waals surface area contributed by atoms with Gasteiger partial charge in [0.25, 0.3) is 0 Å². The normalized spacial score (nSPS) is 12.7. The van der Waals surface area contributed by atoms with Crippen LogP contribution in [0.3, 0.4) is 0 Å². The fraction of sp³-hybridized carbons (Fsp3) is 0. The van der Waals surface area contributed by atoms with Crippen LogP contribution in [0.2, 0.25) is 0 Å². The smallest absolute Gasteiger partial charge is 0.0134 e. The van der Waals surface area contributed by atoms with Crippen molar-refractivity contribution in [3.63, 3.8) is 0 Å². The fourth-order valence-electron chi connectivity index (χ4n) is 3.94. The molecule has 40 heavy (non-hydrogen) atoms. The van der Waals surface area contributed by atoms with Crippen LogP contribution in [0.1, 0.15) is 11.1 Å². The van der Waals surface area contributed by atoms with Crippen molar-refractivity contribution >= 4 is 41.2 Å². The molecule has 0 bridgehead atoms. The van der Waals surface area contributed by atoms with Gasteiger partial charge in [-0.2, -0.15) is 0 Å². The summed E-state index contributed by atoms with van der Waals surface area (Å²) in [6.07, 6.45) is 12.3. The molecule has 0 heterocycles. The Balaban J connectivity index is 0.000000159. The summed E-state index contributed by atoms with van der Waals surface area (Å²) in [6.45, 7) is 0. The van der Waals surface area contributed by atoms with Gasteiger partial charge in [0, 0.05) is 0 Å². The summed E-state index contributed by atoms with van der Waals surface area (Å²) in [4.78, 5) is 0. The first kappa shape index (κ1) is 30.4. The second-order valence-electron chi connectivity index (χ2n) is 8.64. The maximum absolute atomic E-state index is 3.69. The van der Waals surface area contributed by atoms with Gasteiger partial charge in [-0.1, -0.05) is 91.0 Å². The monoisotopic (exact) mass is 772 g/mol. The van der Waals surface area contributed by atoms with Crippen molar-refractivity contribution in [3.05, 3.63) is 201 Å². The summed E-state index contributed by atoms with van der Waals surface area (Å²) in [5, 5.41) is 4.19. The molecule has 5 aromatic carbocycles. The number of rotatable bonds is 6. The minimum Gasteiger partial charge on any atom is -0.0622 e. The van der Waals surface area contributed by atoms with Crippen molar-refractivity contribution in [2.24, 2.45) is 0 Å². The van der Waals surface area contributed by atoms with Crippen molar-refractivity contribution in [3.8, 4) is 0 Å². The fourth-order valence-corrected chi connectivity index (χ4v) is 9.72. The van der Waals surface area contributed by atoms with Crippen LogP contribution < -0.4 is 15.9 Å². The number of benzene rings is 5. The van der Waals surface area contributed by atoms with E-state index in [1.165, 1.54) is 31.0 Å². The molecule has 1 saturated carbocycles. The van der Waals surface area contributed by atoms with Crippen LogP contribution in [0.25, 0.3) is 0 Å². The zero-order chi connectivity index (χ0) is 27.7. The van der Waals surface area contributed by atoms with E-state index in [2.05, 4.69) is 165 Å². The quantitative estimate of drug-likeness (QED) is 0.120. The maximum atomic E-state index is 3.69. The Bertz CT molecular complexity index is 1270. The molecule has 0 aromatic heterocycles. The van der Waals surface area contributed by atoms with E-state index in [9.17, 15) is 0 Å². The third-order valence-electron chi connectivity index (χ3n) is 5.82. The largest absolute Gasteiger partial charge is 0.0622 e. The van der Waals surface area contributed by atoms with Crippen LogP contribution in [-0.2, 0) is 15.5 Å². The van der Waals surface area contributed by atoms with Gasteiger partial charge in [0.2, 0.25) is 0 Å². The Morgan fingerprint density at radius 1 is 0.450 bits per heavy atom. The summed E-state index contributed by atoms with van der Waals surface area (Å²) in [6, 6.07) is 53.4. The molecule has 0 unspecified atom stereocenters. The Kier molecular flexibility index (Phi) is 13.6. The number of hydrogen-bond donors (Lipinski definition) is 0. The zero-order valence-electron chi connectivity index (χ0n) is 22.1. The first-order chi connectivity index (χ1) is 19.8. The Morgan fingerprint density at radius 2 is 0.775 bits per heavy atom. The van der Waals surface area contributed by atoms with Crippen LogP contribution in [0.4, 0.5) is 0 Å². The molecule has 0 amide bonds. The first-order valence-corrected chi connectivity index (χ1v) is 21.7. The summed E-state index contributed by atoms with van der Waals surface area (Å²) in [5.41, 5.74) is 2.61. The molecule has 6 rings (SSSR count). The van der Waals surface area contributed by atoms with Crippen LogP contribution in [0.5, 0.6) is 0 Å². The van der Waals surface area contributed by atoms with Crippen LogP contribution in [0.15, 0.2) is 152 Å². The molecule has 1 aliphatic rings. The minimum absolute atomic E-state index is 0.446. The molecule has 1 aliphatic carbocycles. The van der Waals surface area contributed by atoms with E-state index in [0.29, 0.717) is 0 Å². The molecule has 0 spiro atoms. The van der Waals surface area contributed by atoms with Crippen molar-refractivity contribution < 1.29 is 15.5 Å². The molecule has 199 valence electrons. The minimum atomic E-state index is -0.461. The van der Waals surface area contributed by atoms with E-state index in [0.717, 1.165) is 0 Å². The zero-order valence-corrected chi connectivity index (χ0v) is 27.3. The summed E-state index contributed by atoms with van der Waals surface area (Å²) in [5.74, 6) is 0. The molecular formula is C37H31BrPRe-. The predicted octanol–water partition coefficient (Wildman–Crippen LogP) is 8.32. The topological polar surface area (TPSA) is 0 Å².